The second kappa shape index (κ2) is 4.87. The second-order valence-corrected chi connectivity index (χ2v) is 1.51. The van der Waals surface area contributed by atoms with Gasteiger partial charge in [-0.2, -0.15) is 0 Å². The quantitative estimate of drug-likeness (QED) is 0.719. The number of rotatable bonds is 1. The molecule has 0 aromatic carbocycles. The molecule has 48 valence electrons. The first-order chi connectivity index (χ1) is 3.93. The number of hydrogen-bond acceptors (Lipinski definition) is 2. The summed E-state index contributed by atoms with van der Waals surface area (Å²) in [4.78, 5) is 3.78. The summed E-state index contributed by atoms with van der Waals surface area (Å²) >= 11 is 0. The van der Waals surface area contributed by atoms with E-state index in [1.165, 1.54) is 0 Å². The van der Waals surface area contributed by atoms with Gasteiger partial charge in [-0.15, -0.1) is 0 Å². The molecule has 0 saturated carbocycles. The van der Waals surface area contributed by atoms with Gasteiger partial charge in [0, 0.05) is 12.4 Å². The standard InChI is InChI=1S/C6H7NO.Pb.2H/c8-5-6-1-3-7-4-2-6;;;/h1-4,8H,5H2;;;. The fourth-order valence-electron chi connectivity index (χ4n) is 0.488. The van der Waals surface area contributed by atoms with E-state index in [0.29, 0.717) is 0 Å². The van der Waals surface area contributed by atoms with E-state index in [1.54, 1.807) is 24.5 Å². The van der Waals surface area contributed by atoms with Crippen molar-refractivity contribution in [2.24, 2.45) is 0 Å². The fourth-order valence-corrected chi connectivity index (χ4v) is 0.488. The van der Waals surface area contributed by atoms with E-state index >= 15 is 0 Å². The number of aromatic nitrogens is 1. The van der Waals surface area contributed by atoms with Crippen LogP contribution >= 0.6 is 0 Å². The number of nitrogens with zero attached hydrogens (tertiary/aromatic N) is 1. The van der Waals surface area contributed by atoms with Crippen LogP contribution in [-0.4, -0.2) is 37.4 Å². The minimum absolute atomic E-state index is 0. The van der Waals surface area contributed by atoms with E-state index in [4.69, 9.17) is 5.11 Å². The molecule has 1 heterocycles. The van der Waals surface area contributed by atoms with E-state index in [2.05, 4.69) is 4.98 Å². The van der Waals surface area contributed by atoms with Crippen molar-refractivity contribution in [3.63, 3.8) is 0 Å². The molecular formula is C6H9NOPb. The van der Waals surface area contributed by atoms with Crippen LogP contribution in [0.15, 0.2) is 24.5 Å². The average Bonchev–Trinajstić information content (AvgIpc) is 1.90. The van der Waals surface area contributed by atoms with E-state index < -0.39 is 0 Å². The molecule has 1 aromatic rings. The van der Waals surface area contributed by atoms with Crippen LogP contribution in [0.2, 0.25) is 0 Å². The molecular weight excluding hydrogens is 309 g/mol. The first-order valence-electron chi connectivity index (χ1n) is 2.43. The summed E-state index contributed by atoms with van der Waals surface area (Å²) in [5.41, 5.74) is 0.903. The SMILES string of the molecule is OCc1ccncc1.[PbH2]. The van der Waals surface area contributed by atoms with Gasteiger partial charge in [-0.25, -0.2) is 0 Å². The van der Waals surface area contributed by atoms with Gasteiger partial charge in [0.15, 0.2) is 0 Å². The molecule has 0 spiro atoms. The van der Waals surface area contributed by atoms with Crippen molar-refractivity contribution in [1.82, 2.24) is 4.98 Å². The van der Waals surface area contributed by atoms with Gasteiger partial charge in [0.05, 0.1) is 6.61 Å². The van der Waals surface area contributed by atoms with Gasteiger partial charge in [-0.1, -0.05) is 0 Å². The van der Waals surface area contributed by atoms with Crippen LogP contribution < -0.4 is 0 Å². The van der Waals surface area contributed by atoms with Crippen LogP contribution in [-0.2, 0) is 6.61 Å². The Hall–Kier alpha value is 0.0321. The summed E-state index contributed by atoms with van der Waals surface area (Å²) in [7, 11) is 0. The molecule has 3 heteroatoms. The van der Waals surface area contributed by atoms with Gasteiger partial charge < -0.3 is 5.11 Å². The second-order valence-electron chi connectivity index (χ2n) is 1.51. The number of aliphatic hydroxyl groups excluding tert-OH is 1. The number of hydrogen-bond donors (Lipinski definition) is 1. The Kier molecular flexibility index (Phi) is 4.89. The van der Waals surface area contributed by atoms with Gasteiger partial charge in [-0.05, 0) is 17.7 Å². The molecule has 1 rings (SSSR count). The van der Waals surface area contributed by atoms with Crippen molar-refractivity contribution >= 4 is 27.3 Å². The van der Waals surface area contributed by atoms with Crippen molar-refractivity contribution in [3.05, 3.63) is 30.1 Å². The van der Waals surface area contributed by atoms with Crippen LogP contribution in [0.5, 0.6) is 0 Å². The van der Waals surface area contributed by atoms with Crippen molar-refractivity contribution in [3.8, 4) is 0 Å². The van der Waals surface area contributed by atoms with E-state index in [9.17, 15) is 0 Å². The third-order valence-corrected chi connectivity index (χ3v) is 0.932. The van der Waals surface area contributed by atoms with Crippen molar-refractivity contribution in [2.75, 3.05) is 0 Å². The van der Waals surface area contributed by atoms with Gasteiger partial charge in [0.25, 0.3) is 0 Å². The Balaban J connectivity index is 0.000000640. The Labute approximate surface area is 74.1 Å². The third-order valence-electron chi connectivity index (χ3n) is 0.932. The molecule has 1 aromatic heterocycles. The first-order valence-corrected chi connectivity index (χ1v) is 2.43. The first kappa shape index (κ1) is 9.03. The van der Waals surface area contributed by atoms with Gasteiger partial charge in [0.1, 0.15) is 0 Å². The van der Waals surface area contributed by atoms with E-state index in [0.717, 1.165) is 5.56 Å². The molecule has 0 atom stereocenters. The molecule has 0 saturated heterocycles. The molecule has 0 unspecified atom stereocenters. The Morgan fingerprint density at radius 3 is 2.22 bits per heavy atom. The Morgan fingerprint density at radius 1 is 1.33 bits per heavy atom. The van der Waals surface area contributed by atoms with Gasteiger partial charge >= 0.3 is 27.3 Å². The van der Waals surface area contributed by atoms with Gasteiger partial charge in [0.2, 0.25) is 0 Å². The van der Waals surface area contributed by atoms with Crippen LogP contribution in [0.4, 0.5) is 0 Å². The summed E-state index contributed by atoms with van der Waals surface area (Å²) < 4.78 is 0. The molecule has 0 bridgehead atoms. The summed E-state index contributed by atoms with van der Waals surface area (Å²) in [6.45, 7) is 0.0997. The van der Waals surface area contributed by atoms with Crippen LogP contribution in [0.3, 0.4) is 0 Å². The fraction of sp³-hybridized carbons (Fsp3) is 0.167. The minimum atomic E-state index is 0. The molecule has 0 aliphatic heterocycles. The van der Waals surface area contributed by atoms with Crippen LogP contribution in [0.1, 0.15) is 5.56 Å². The molecule has 0 aliphatic rings. The third kappa shape index (κ3) is 2.90. The number of pyridine rings is 1. The van der Waals surface area contributed by atoms with Gasteiger partial charge in [-0.3, -0.25) is 4.98 Å². The zero-order valence-corrected chi connectivity index (χ0v) is 10.6. The average molecular weight is 318 g/mol. The molecule has 2 nitrogen and oxygen atoms in total. The summed E-state index contributed by atoms with van der Waals surface area (Å²) in [5.74, 6) is 0. The molecule has 0 aliphatic carbocycles. The van der Waals surface area contributed by atoms with E-state index in [-0.39, 0.29) is 33.9 Å². The predicted molar refractivity (Wildman–Crippen MR) is 38.7 cm³/mol. The predicted octanol–water partition coefficient (Wildman–Crippen LogP) is -0.342. The van der Waals surface area contributed by atoms with Crippen LogP contribution in [0, 0.1) is 0 Å². The Morgan fingerprint density at radius 2 is 1.89 bits per heavy atom. The summed E-state index contributed by atoms with van der Waals surface area (Å²) in [5, 5.41) is 8.51. The van der Waals surface area contributed by atoms with Crippen LogP contribution in [0.25, 0.3) is 0 Å². The molecule has 9 heavy (non-hydrogen) atoms. The molecule has 2 radical (unpaired) electrons. The van der Waals surface area contributed by atoms with E-state index in [1.807, 2.05) is 0 Å². The summed E-state index contributed by atoms with van der Waals surface area (Å²) in [6, 6.07) is 3.56. The van der Waals surface area contributed by atoms with Crippen molar-refractivity contribution < 1.29 is 5.11 Å². The molecule has 1 N–H and O–H groups in total. The van der Waals surface area contributed by atoms with Crippen molar-refractivity contribution in [2.45, 2.75) is 6.61 Å². The van der Waals surface area contributed by atoms with Crippen molar-refractivity contribution in [1.29, 1.82) is 0 Å². The normalized spacial score (nSPS) is 8.11. The number of aliphatic hydroxyl groups is 1. The summed E-state index contributed by atoms with van der Waals surface area (Å²) in [6.07, 6.45) is 3.32. The zero-order chi connectivity index (χ0) is 5.82. The maximum atomic E-state index is 8.51. The molecule has 0 amide bonds. The topological polar surface area (TPSA) is 33.1 Å². The zero-order valence-electron chi connectivity index (χ0n) is 5.12. The monoisotopic (exact) mass is 319 g/mol. The Bertz CT molecular complexity index is 154. The molecule has 0 fully saturated rings. The maximum absolute atomic E-state index is 8.51.